The van der Waals surface area contributed by atoms with Gasteiger partial charge in [-0.2, -0.15) is 0 Å². The maximum absolute atomic E-state index is 5.95. The van der Waals surface area contributed by atoms with E-state index in [-0.39, 0.29) is 0 Å². The molecular formula is C14H20ClN. The Kier molecular flexibility index (Phi) is 3.56. The van der Waals surface area contributed by atoms with Crippen molar-refractivity contribution in [3.05, 3.63) is 34.9 Å². The molecule has 2 unspecified atom stereocenters. The van der Waals surface area contributed by atoms with E-state index in [1.54, 1.807) is 0 Å². The maximum Gasteiger partial charge on any atom is 0.0406 e. The van der Waals surface area contributed by atoms with Crippen LogP contribution in [0, 0.1) is 5.92 Å². The summed E-state index contributed by atoms with van der Waals surface area (Å²) >= 11 is 5.95. The predicted octanol–water partition coefficient (Wildman–Crippen LogP) is 3.62. The first kappa shape index (κ1) is 11.9. The molecule has 1 nitrogen and oxygen atoms in total. The summed E-state index contributed by atoms with van der Waals surface area (Å²) in [6, 6.07) is 8.40. The molecule has 2 heteroatoms. The van der Waals surface area contributed by atoms with Crippen molar-refractivity contribution in [2.45, 2.75) is 32.1 Å². The molecule has 0 heterocycles. The van der Waals surface area contributed by atoms with Crippen LogP contribution in [0.5, 0.6) is 0 Å². The van der Waals surface area contributed by atoms with E-state index in [1.807, 2.05) is 12.1 Å². The molecule has 0 radical (unpaired) electrons. The van der Waals surface area contributed by atoms with Crippen molar-refractivity contribution < 1.29 is 0 Å². The molecule has 1 fully saturated rings. The van der Waals surface area contributed by atoms with Crippen LogP contribution in [0.1, 0.15) is 32.3 Å². The molecule has 1 aliphatic rings. The van der Waals surface area contributed by atoms with Gasteiger partial charge >= 0.3 is 0 Å². The van der Waals surface area contributed by atoms with Crippen molar-refractivity contribution >= 4 is 11.6 Å². The molecule has 1 N–H and O–H groups in total. The number of nitrogens with one attached hydrogen (secondary N) is 1. The van der Waals surface area contributed by atoms with E-state index in [0.29, 0.717) is 5.41 Å². The monoisotopic (exact) mass is 237 g/mol. The molecule has 0 aliphatic heterocycles. The molecule has 2 rings (SSSR count). The molecule has 1 aromatic rings. The van der Waals surface area contributed by atoms with Gasteiger partial charge in [0.2, 0.25) is 0 Å². The van der Waals surface area contributed by atoms with Gasteiger partial charge in [0.15, 0.2) is 0 Å². The lowest BCUT2D eigenvalue weighted by Gasteiger charge is -2.49. The zero-order chi connectivity index (χ0) is 11.6. The zero-order valence-electron chi connectivity index (χ0n) is 10.1. The Balaban J connectivity index is 2.22. The van der Waals surface area contributed by atoms with E-state index < -0.39 is 0 Å². The number of hydrogen-bond donors (Lipinski definition) is 1. The number of benzene rings is 1. The molecule has 0 bridgehead atoms. The van der Waals surface area contributed by atoms with Gasteiger partial charge in [0.25, 0.3) is 0 Å². The molecule has 2 atom stereocenters. The van der Waals surface area contributed by atoms with Crippen molar-refractivity contribution in [3.8, 4) is 0 Å². The SMILES string of the molecule is CCNCC1(c2ccc(Cl)cc2)CCC1C. The normalized spacial score (nSPS) is 28.8. The van der Waals surface area contributed by atoms with Gasteiger partial charge in [-0.05, 0) is 43.0 Å². The van der Waals surface area contributed by atoms with Crippen LogP contribution in [0.3, 0.4) is 0 Å². The standard InChI is InChI=1S/C14H20ClN/c1-3-16-10-14(9-8-11(14)2)12-4-6-13(15)7-5-12/h4-7,11,16H,3,8-10H2,1-2H3. The zero-order valence-corrected chi connectivity index (χ0v) is 10.8. The average molecular weight is 238 g/mol. The van der Waals surface area contributed by atoms with Crippen LogP contribution in [0.25, 0.3) is 0 Å². The van der Waals surface area contributed by atoms with Crippen molar-refractivity contribution in [1.82, 2.24) is 5.32 Å². The number of likely N-dealkylation sites (N-methyl/N-ethyl adjacent to an activating group) is 1. The van der Waals surface area contributed by atoms with Crippen LogP contribution < -0.4 is 5.32 Å². The summed E-state index contributed by atoms with van der Waals surface area (Å²) in [6.45, 7) is 6.66. The fraction of sp³-hybridized carbons (Fsp3) is 0.571. The number of rotatable bonds is 4. The first-order valence-electron chi connectivity index (χ1n) is 6.16. The van der Waals surface area contributed by atoms with Crippen LogP contribution in [-0.4, -0.2) is 13.1 Å². The molecule has 16 heavy (non-hydrogen) atoms. The second-order valence-electron chi connectivity index (χ2n) is 4.88. The molecule has 1 aromatic carbocycles. The summed E-state index contributed by atoms with van der Waals surface area (Å²) in [5.74, 6) is 0.771. The van der Waals surface area contributed by atoms with Gasteiger partial charge in [-0.25, -0.2) is 0 Å². The summed E-state index contributed by atoms with van der Waals surface area (Å²) in [6.07, 6.45) is 2.64. The summed E-state index contributed by atoms with van der Waals surface area (Å²) in [4.78, 5) is 0. The minimum Gasteiger partial charge on any atom is -0.316 e. The average Bonchev–Trinajstić information content (AvgIpc) is 2.30. The Labute approximate surface area is 103 Å². The summed E-state index contributed by atoms with van der Waals surface area (Å²) in [5, 5.41) is 4.33. The lowest BCUT2D eigenvalue weighted by Crippen LogP contribution is -2.50. The minimum absolute atomic E-state index is 0.348. The van der Waals surface area contributed by atoms with Crippen molar-refractivity contribution in [2.75, 3.05) is 13.1 Å². The molecule has 0 aromatic heterocycles. The second kappa shape index (κ2) is 4.77. The van der Waals surface area contributed by atoms with Gasteiger partial charge in [-0.15, -0.1) is 0 Å². The smallest absolute Gasteiger partial charge is 0.0406 e. The quantitative estimate of drug-likeness (QED) is 0.844. The van der Waals surface area contributed by atoms with Crippen LogP contribution >= 0.6 is 11.6 Å². The van der Waals surface area contributed by atoms with E-state index in [2.05, 4.69) is 31.3 Å². The molecule has 88 valence electrons. The molecule has 1 saturated carbocycles. The highest BCUT2D eigenvalue weighted by atomic mass is 35.5. The lowest BCUT2D eigenvalue weighted by atomic mass is 9.57. The molecule has 0 spiro atoms. The third-order valence-corrected chi connectivity index (χ3v) is 4.33. The van der Waals surface area contributed by atoms with Gasteiger partial charge < -0.3 is 5.32 Å². The third kappa shape index (κ3) is 1.99. The van der Waals surface area contributed by atoms with Crippen molar-refractivity contribution in [3.63, 3.8) is 0 Å². The lowest BCUT2D eigenvalue weighted by molar-refractivity contribution is 0.135. The largest absolute Gasteiger partial charge is 0.316 e. The summed E-state index contributed by atoms with van der Waals surface area (Å²) in [5.41, 5.74) is 1.79. The van der Waals surface area contributed by atoms with Crippen molar-refractivity contribution in [2.24, 2.45) is 5.92 Å². The van der Waals surface area contributed by atoms with Gasteiger partial charge in [-0.3, -0.25) is 0 Å². The van der Waals surface area contributed by atoms with Gasteiger partial charge in [0, 0.05) is 17.0 Å². The predicted molar refractivity (Wildman–Crippen MR) is 70.1 cm³/mol. The van der Waals surface area contributed by atoms with Crippen LogP contribution in [0.4, 0.5) is 0 Å². The Hall–Kier alpha value is -0.530. The highest BCUT2D eigenvalue weighted by molar-refractivity contribution is 6.30. The van der Waals surface area contributed by atoms with Gasteiger partial charge in [-0.1, -0.05) is 37.6 Å². The highest BCUT2D eigenvalue weighted by Gasteiger charge is 2.44. The first-order chi connectivity index (χ1) is 7.69. The Morgan fingerprint density at radius 3 is 2.50 bits per heavy atom. The molecule has 1 aliphatic carbocycles. The van der Waals surface area contributed by atoms with E-state index in [4.69, 9.17) is 11.6 Å². The van der Waals surface area contributed by atoms with E-state index >= 15 is 0 Å². The van der Waals surface area contributed by atoms with E-state index in [9.17, 15) is 0 Å². The molecule has 0 amide bonds. The van der Waals surface area contributed by atoms with Crippen LogP contribution in [-0.2, 0) is 5.41 Å². The molecule has 0 saturated heterocycles. The third-order valence-electron chi connectivity index (χ3n) is 4.08. The Morgan fingerprint density at radius 2 is 2.06 bits per heavy atom. The van der Waals surface area contributed by atoms with Gasteiger partial charge in [0.05, 0.1) is 0 Å². The first-order valence-corrected chi connectivity index (χ1v) is 6.53. The van der Waals surface area contributed by atoms with Crippen LogP contribution in [0.15, 0.2) is 24.3 Å². The fourth-order valence-electron chi connectivity index (χ4n) is 2.70. The minimum atomic E-state index is 0.348. The van der Waals surface area contributed by atoms with Crippen molar-refractivity contribution in [1.29, 1.82) is 0 Å². The Bertz CT molecular complexity index is 346. The van der Waals surface area contributed by atoms with Crippen LogP contribution in [0.2, 0.25) is 5.02 Å². The molecular weight excluding hydrogens is 218 g/mol. The number of hydrogen-bond acceptors (Lipinski definition) is 1. The Morgan fingerprint density at radius 1 is 1.38 bits per heavy atom. The fourth-order valence-corrected chi connectivity index (χ4v) is 2.83. The maximum atomic E-state index is 5.95. The number of halogens is 1. The topological polar surface area (TPSA) is 12.0 Å². The highest BCUT2D eigenvalue weighted by Crippen LogP contribution is 2.48. The van der Waals surface area contributed by atoms with Gasteiger partial charge in [0.1, 0.15) is 0 Å². The summed E-state index contributed by atoms with van der Waals surface area (Å²) in [7, 11) is 0. The summed E-state index contributed by atoms with van der Waals surface area (Å²) < 4.78 is 0. The second-order valence-corrected chi connectivity index (χ2v) is 5.32. The van der Waals surface area contributed by atoms with E-state index in [1.165, 1.54) is 18.4 Å². The van der Waals surface area contributed by atoms with E-state index in [0.717, 1.165) is 24.0 Å².